The van der Waals surface area contributed by atoms with Crippen molar-refractivity contribution in [3.8, 4) is 0 Å². The Labute approximate surface area is 148 Å². The Bertz CT molecular complexity index is 842. The molecule has 1 aliphatic carbocycles. The number of amides is 1. The summed E-state index contributed by atoms with van der Waals surface area (Å²) in [7, 11) is 0. The van der Waals surface area contributed by atoms with Crippen molar-refractivity contribution in [2.45, 2.75) is 24.9 Å². The highest BCUT2D eigenvalue weighted by Gasteiger charge is 2.44. The quantitative estimate of drug-likeness (QED) is 0.818. The van der Waals surface area contributed by atoms with E-state index >= 15 is 0 Å². The van der Waals surface area contributed by atoms with E-state index < -0.39 is 0 Å². The molecule has 5 heteroatoms. The number of ether oxygens (including phenoxy) is 1. The van der Waals surface area contributed by atoms with Gasteiger partial charge in [0.25, 0.3) is 5.91 Å². The van der Waals surface area contributed by atoms with Crippen molar-refractivity contribution in [3.05, 3.63) is 69.2 Å². The molecular formula is C19H16BrNO3. The number of carbonyl (C=O) groups is 2. The van der Waals surface area contributed by atoms with E-state index in [1.807, 2.05) is 12.1 Å². The molecule has 0 spiro atoms. The fourth-order valence-electron chi connectivity index (χ4n) is 3.14. The molecule has 0 unspecified atom stereocenters. The Morgan fingerprint density at radius 3 is 2.79 bits per heavy atom. The summed E-state index contributed by atoms with van der Waals surface area (Å²) in [4.78, 5) is 24.1. The van der Waals surface area contributed by atoms with Crippen LogP contribution in [0.4, 0.5) is 0 Å². The lowest BCUT2D eigenvalue weighted by molar-refractivity contribution is 0.0535. The van der Waals surface area contributed by atoms with E-state index in [2.05, 4.69) is 33.4 Å². The van der Waals surface area contributed by atoms with Crippen LogP contribution in [0.15, 0.2) is 46.9 Å². The first-order valence-corrected chi connectivity index (χ1v) is 8.71. The number of hydrogen-bond donors (Lipinski definition) is 1. The summed E-state index contributed by atoms with van der Waals surface area (Å²) >= 11 is 3.50. The van der Waals surface area contributed by atoms with Crippen LogP contribution in [0, 0.1) is 0 Å². The molecule has 0 atom stereocenters. The fraction of sp³-hybridized carbons (Fsp3) is 0.263. The van der Waals surface area contributed by atoms with Gasteiger partial charge in [-0.25, -0.2) is 4.79 Å². The van der Waals surface area contributed by atoms with Crippen molar-refractivity contribution in [2.24, 2.45) is 0 Å². The van der Waals surface area contributed by atoms with Gasteiger partial charge >= 0.3 is 5.97 Å². The molecule has 1 N–H and O–H groups in total. The zero-order valence-electron chi connectivity index (χ0n) is 13.0. The third kappa shape index (κ3) is 2.73. The number of rotatable bonds is 4. The maximum atomic E-state index is 12.5. The Balaban J connectivity index is 1.48. The molecule has 24 heavy (non-hydrogen) atoms. The number of esters is 1. The number of hydrogen-bond acceptors (Lipinski definition) is 3. The van der Waals surface area contributed by atoms with Crippen molar-refractivity contribution in [1.82, 2.24) is 5.32 Å². The normalized spacial score (nSPS) is 17.1. The van der Waals surface area contributed by atoms with E-state index in [9.17, 15) is 9.59 Å². The number of fused-ring (bicyclic) bond motifs is 1. The molecule has 4 rings (SSSR count). The van der Waals surface area contributed by atoms with E-state index in [1.165, 1.54) is 5.56 Å². The highest BCUT2D eigenvalue weighted by molar-refractivity contribution is 9.10. The van der Waals surface area contributed by atoms with Gasteiger partial charge in [-0.15, -0.1) is 0 Å². The Kier molecular flexibility index (Phi) is 3.68. The molecule has 2 aromatic rings. The SMILES string of the molecule is O=C(NCC1(c2cccc(Br)c2)CC1)c1ccc2c(c1)C(=O)OC2. The highest BCUT2D eigenvalue weighted by atomic mass is 79.9. The van der Waals surface area contributed by atoms with Gasteiger partial charge in [0.15, 0.2) is 0 Å². The minimum atomic E-state index is -0.354. The summed E-state index contributed by atoms with van der Waals surface area (Å²) < 4.78 is 6.03. The second kappa shape index (κ2) is 5.74. The van der Waals surface area contributed by atoms with Crippen LogP contribution < -0.4 is 5.32 Å². The summed E-state index contributed by atoms with van der Waals surface area (Å²) in [5.74, 6) is -0.508. The van der Waals surface area contributed by atoms with E-state index in [1.54, 1.807) is 18.2 Å². The van der Waals surface area contributed by atoms with Crippen molar-refractivity contribution < 1.29 is 14.3 Å². The number of carbonyl (C=O) groups excluding carboxylic acids is 2. The summed E-state index contributed by atoms with van der Waals surface area (Å²) in [5.41, 5.74) is 3.11. The lowest BCUT2D eigenvalue weighted by Crippen LogP contribution is -2.32. The molecule has 0 aromatic heterocycles. The van der Waals surface area contributed by atoms with Crippen LogP contribution in [0.25, 0.3) is 0 Å². The van der Waals surface area contributed by atoms with Gasteiger partial charge in [0.1, 0.15) is 6.61 Å². The number of benzene rings is 2. The molecule has 0 saturated heterocycles. The second-order valence-corrected chi connectivity index (χ2v) is 7.34. The van der Waals surface area contributed by atoms with Crippen LogP contribution in [0.5, 0.6) is 0 Å². The van der Waals surface area contributed by atoms with Crippen molar-refractivity contribution >= 4 is 27.8 Å². The first-order chi connectivity index (χ1) is 11.6. The van der Waals surface area contributed by atoms with Gasteiger partial charge in [-0.3, -0.25) is 4.79 Å². The van der Waals surface area contributed by atoms with Crippen LogP contribution in [0.1, 0.15) is 44.7 Å². The van der Waals surface area contributed by atoms with E-state index in [-0.39, 0.29) is 17.3 Å². The predicted molar refractivity (Wildman–Crippen MR) is 92.9 cm³/mol. The zero-order chi connectivity index (χ0) is 16.7. The molecule has 0 bridgehead atoms. The first-order valence-electron chi connectivity index (χ1n) is 7.92. The lowest BCUT2D eigenvalue weighted by Gasteiger charge is -2.17. The fourth-order valence-corrected chi connectivity index (χ4v) is 3.54. The number of nitrogens with one attached hydrogen (secondary N) is 1. The molecular weight excluding hydrogens is 370 g/mol. The molecule has 2 aliphatic rings. The maximum Gasteiger partial charge on any atom is 0.338 e. The molecule has 1 aliphatic heterocycles. The minimum absolute atomic E-state index is 0.0368. The van der Waals surface area contributed by atoms with Crippen molar-refractivity contribution in [2.75, 3.05) is 6.54 Å². The van der Waals surface area contributed by atoms with Crippen LogP contribution in [0.3, 0.4) is 0 Å². The van der Waals surface area contributed by atoms with Gasteiger partial charge in [0.2, 0.25) is 0 Å². The zero-order valence-corrected chi connectivity index (χ0v) is 14.6. The summed E-state index contributed by atoms with van der Waals surface area (Å²) in [6.07, 6.45) is 2.14. The third-order valence-electron chi connectivity index (χ3n) is 4.83. The first kappa shape index (κ1) is 15.4. The molecule has 0 radical (unpaired) electrons. The lowest BCUT2D eigenvalue weighted by atomic mass is 9.96. The van der Waals surface area contributed by atoms with Gasteiger partial charge < -0.3 is 10.1 Å². The molecule has 1 fully saturated rings. The van der Waals surface area contributed by atoms with Gasteiger partial charge in [-0.05, 0) is 42.7 Å². The largest absolute Gasteiger partial charge is 0.457 e. The van der Waals surface area contributed by atoms with Crippen molar-refractivity contribution in [3.63, 3.8) is 0 Å². The summed E-state index contributed by atoms with van der Waals surface area (Å²) in [6.45, 7) is 0.895. The van der Waals surface area contributed by atoms with Crippen LogP contribution in [0.2, 0.25) is 0 Å². The average molecular weight is 386 g/mol. The Morgan fingerprint density at radius 2 is 2.04 bits per heavy atom. The van der Waals surface area contributed by atoms with Crippen LogP contribution >= 0.6 is 15.9 Å². The minimum Gasteiger partial charge on any atom is -0.457 e. The van der Waals surface area contributed by atoms with Crippen LogP contribution in [-0.4, -0.2) is 18.4 Å². The topological polar surface area (TPSA) is 55.4 Å². The maximum absolute atomic E-state index is 12.5. The predicted octanol–water partition coefficient (Wildman–Crippen LogP) is 3.58. The van der Waals surface area contributed by atoms with Crippen LogP contribution in [-0.2, 0) is 16.8 Å². The van der Waals surface area contributed by atoms with Gasteiger partial charge in [-0.1, -0.05) is 34.1 Å². The molecule has 4 nitrogen and oxygen atoms in total. The molecule has 122 valence electrons. The summed E-state index contributed by atoms with van der Waals surface area (Å²) in [5, 5.41) is 3.02. The average Bonchev–Trinajstić information content (AvgIpc) is 3.30. The van der Waals surface area contributed by atoms with E-state index in [0.717, 1.165) is 22.9 Å². The number of halogens is 1. The highest BCUT2D eigenvalue weighted by Crippen LogP contribution is 2.48. The van der Waals surface area contributed by atoms with E-state index in [0.29, 0.717) is 24.3 Å². The van der Waals surface area contributed by atoms with Crippen molar-refractivity contribution in [1.29, 1.82) is 0 Å². The van der Waals surface area contributed by atoms with Gasteiger partial charge in [0.05, 0.1) is 5.56 Å². The van der Waals surface area contributed by atoms with Gasteiger partial charge in [0, 0.05) is 27.6 Å². The van der Waals surface area contributed by atoms with E-state index in [4.69, 9.17) is 4.74 Å². The summed E-state index contributed by atoms with van der Waals surface area (Å²) in [6, 6.07) is 13.4. The third-order valence-corrected chi connectivity index (χ3v) is 5.32. The number of cyclic esters (lactones) is 1. The molecule has 2 aromatic carbocycles. The Hall–Kier alpha value is -2.14. The Morgan fingerprint density at radius 1 is 1.21 bits per heavy atom. The monoisotopic (exact) mass is 385 g/mol. The second-order valence-electron chi connectivity index (χ2n) is 6.42. The molecule has 1 saturated carbocycles. The molecule has 1 heterocycles. The van der Waals surface area contributed by atoms with Gasteiger partial charge in [-0.2, -0.15) is 0 Å². The molecule has 1 amide bonds. The smallest absolute Gasteiger partial charge is 0.338 e. The standard InChI is InChI=1S/C19H16BrNO3/c20-15-3-1-2-14(9-15)19(6-7-19)11-21-17(22)12-4-5-13-10-24-18(23)16(13)8-12/h1-5,8-9H,6-7,10-11H2,(H,21,22).